The number of hydrogen-bond acceptors (Lipinski definition) is 3. The van der Waals surface area contributed by atoms with Crippen molar-refractivity contribution >= 4 is 44.8 Å². The van der Waals surface area contributed by atoms with Crippen molar-refractivity contribution in [2.24, 2.45) is 0 Å². The molecule has 0 fully saturated rings. The normalized spacial score (nSPS) is 13.6. The van der Waals surface area contributed by atoms with Gasteiger partial charge in [-0.1, -0.05) is 23.2 Å². The highest BCUT2D eigenvalue weighted by atomic mass is 35.5. The van der Waals surface area contributed by atoms with Crippen LogP contribution in [0.3, 0.4) is 0 Å². The van der Waals surface area contributed by atoms with Gasteiger partial charge in [-0.25, -0.2) is 8.42 Å². The number of hydrogen-bond donors (Lipinski definition) is 1. The molecule has 1 aromatic carbocycles. The first-order valence-electron chi connectivity index (χ1n) is 6.59. The van der Waals surface area contributed by atoms with Gasteiger partial charge in [0.05, 0.1) is 17.0 Å². The van der Waals surface area contributed by atoms with Crippen LogP contribution in [0.4, 0.5) is 5.69 Å². The second-order valence-corrected chi connectivity index (χ2v) is 8.77. The number of nitrogens with zero attached hydrogens (tertiary/aromatic N) is 1. The summed E-state index contributed by atoms with van der Waals surface area (Å²) in [6.07, 6.45) is 1.02. The molecule has 0 radical (unpaired) electrons. The van der Waals surface area contributed by atoms with Crippen molar-refractivity contribution in [2.45, 2.75) is 39.3 Å². The largest absolute Gasteiger partial charge is 0.350 e. The van der Waals surface area contributed by atoms with E-state index in [1.54, 1.807) is 6.07 Å². The fourth-order valence-electron chi connectivity index (χ4n) is 1.91. The molecule has 124 valence electrons. The van der Waals surface area contributed by atoms with Crippen molar-refractivity contribution in [2.75, 3.05) is 10.6 Å². The number of sulfonamides is 1. The number of amides is 1. The van der Waals surface area contributed by atoms with Crippen LogP contribution in [0.1, 0.15) is 27.7 Å². The van der Waals surface area contributed by atoms with Crippen molar-refractivity contribution in [1.29, 1.82) is 0 Å². The van der Waals surface area contributed by atoms with Crippen LogP contribution in [0, 0.1) is 0 Å². The predicted octanol–water partition coefficient (Wildman–Crippen LogP) is 3.06. The fourth-order valence-corrected chi connectivity index (χ4v) is 3.51. The maximum absolute atomic E-state index is 12.3. The molecule has 0 aliphatic rings. The second kappa shape index (κ2) is 6.64. The van der Waals surface area contributed by atoms with Gasteiger partial charge in [0.25, 0.3) is 0 Å². The zero-order chi connectivity index (χ0) is 17.3. The summed E-state index contributed by atoms with van der Waals surface area (Å²) in [5.74, 6) is -0.422. The Morgan fingerprint density at radius 1 is 1.27 bits per heavy atom. The first kappa shape index (κ1) is 19.1. The molecule has 0 aliphatic carbocycles. The van der Waals surface area contributed by atoms with Crippen LogP contribution in [-0.2, 0) is 14.8 Å². The van der Waals surface area contributed by atoms with Crippen LogP contribution in [0.2, 0.25) is 10.0 Å². The lowest BCUT2D eigenvalue weighted by atomic mass is 10.1. The van der Waals surface area contributed by atoms with Gasteiger partial charge in [0.15, 0.2) is 0 Å². The molecular formula is C14H20Cl2N2O3S. The van der Waals surface area contributed by atoms with E-state index in [4.69, 9.17) is 23.2 Å². The molecule has 8 heteroatoms. The van der Waals surface area contributed by atoms with E-state index >= 15 is 0 Å². The maximum Gasteiger partial charge on any atom is 0.244 e. The number of halogens is 2. The summed E-state index contributed by atoms with van der Waals surface area (Å²) < 4.78 is 25.3. The van der Waals surface area contributed by atoms with Crippen LogP contribution >= 0.6 is 23.2 Å². The van der Waals surface area contributed by atoms with Gasteiger partial charge in [0.1, 0.15) is 6.04 Å². The molecule has 0 heterocycles. The average Bonchev–Trinajstić information content (AvgIpc) is 2.29. The lowest BCUT2D eigenvalue weighted by molar-refractivity contribution is -0.123. The van der Waals surface area contributed by atoms with Crippen molar-refractivity contribution in [1.82, 2.24) is 5.32 Å². The summed E-state index contributed by atoms with van der Waals surface area (Å²) in [5.41, 5.74) is -0.305. The van der Waals surface area contributed by atoms with E-state index in [0.717, 1.165) is 10.6 Å². The molecule has 22 heavy (non-hydrogen) atoms. The summed E-state index contributed by atoms with van der Waals surface area (Å²) in [4.78, 5) is 12.3. The Hall–Kier alpha value is -0.980. The monoisotopic (exact) mass is 366 g/mol. The Kier molecular flexibility index (Phi) is 5.76. The highest BCUT2D eigenvalue weighted by molar-refractivity contribution is 7.92. The number of anilines is 1. The molecule has 0 unspecified atom stereocenters. The van der Waals surface area contributed by atoms with Crippen LogP contribution in [0.5, 0.6) is 0 Å². The van der Waals surface area contributed by atoms with E-state index in [9.17, 15) is 13.2 Å². The van der Waals surface area contributed by atoms with Gasteiger partial charge in [0, 0.05) is 10.6 Å². The third-order valence-electron chi connectivity index (χ3n) is 2.73. The van der Waals surface area contributed by atoms with Crippen LogP contribution in [0.25, 0.3) is 0 Å². The lowest BCUT2D eigenvalue weighted by Crippen LogP contribution is -2.52. The van der Waals surface area contributed by atoms with Gasteiger partial charge in [0.2, 0.25) is 15.9 Å². The Balaban J connectivity index is 3.31. The SMILES string of the molecule is C[C@H](C(=O)NC(C)(C)C)N(c1cc(Cl)ccc1Cl)S(C)(=O)=O. The zero-order valence-electron chi connectivity index (χ0n) is 13.1. The molecule has 1 N–H and O–H groups in total. The third kappa shape index (κ3) is 5.04. The first-order valence-corrected chi connectivity index (χ1v) is 9.20. The van der Waals surface area contributed by atoms with Crippen molar-refractivity contribution < 1.29 is 13.2 Å². The minimum atomic E-state index is -3.73. The molecule has 1 aromatic rings. The van der Waals surface area contributed by atoms with Gasteiger partial charge in [-0.2, -0.15) is 0 Å². The van der Waals surface area contributed by atoms with Gasteiger partial charge in [-0.3, -0.25) is 9.10 Å². The Bertz CT molecular complexity index is 669. The Labute approximate surface area is 141 Å². The Morgan fingerprint density at radius 3 is 2.27 bits per heavy atom. The topological polar surface area (TPSA) is 66.5 Å². The van der Waals surface area contributed by atoms with Crippen LogP contribution in [0.15, 0.2) is 18.2 Å². The summed E-state index contributed by atoms with van der Waals surface area (Å²) in [6.45, 7) is 6.94. The predicted molar refractivity (Wildman–Crippen MR) is 91.1 cm³/mol. The number of nitrogens with one attached hydrogen (secondary N) is 1. The number of rotatable bonds is 4. The molecule has 0 aromatic heterocycles. The summed E-state index contributed by atoms with van der Waals surface area (Å²) in [6, 6.07) is 3.50. The smallest absolute Gasteiger partial charge is 0.244 e. The summed E-state index contributed by atoms with van der Waals surface area (Å²) in [5, 5.41) is 3.28. The van der Waals surface area contributed by atoms with Gasteiger partial charge in [-0.15, -0.1) is 0 Å². The molecule has 0 spiro atoms. The quantitative estimate of drug-likeness (QED) is 0.890. The molecule has 1 amide bonds. The van der Waals surface area contributed by atoms with E-state index in [0.29, 0.717) is 5.02 Å². The highest BCUT2D eigenvalue weighted by Crippen LogP contribution is 2.32. The van der Waals surface area contributed by atoms with Crippen molar-refractivity contribution in [3.63, 3.8) is 0 Å². The molecule has 5 nitrogen and oxygen atoms in total. The number of carbonyl (C=O) groups excluding carboxylic acids is 1. The lowest BCUT2D eigenvalue weighted by Gasteiger charge is -2.31. The highest BCUT2D eigenvalue weighted by Gasteiger charge is 2.32. The maximum atomic E-state index is 12.3. The van der Waals surface area contributed by atoms with Crippen LogP contribution < -0.4 is 9.62 Å². The van der Waals surface area contributed by atoms with Gasteiger partial charge >= 0.3 is 0 Å². The summed E-state index contributed by atoms with van der Waals surface area (Å²) >= 11 is 12.0. The molecule has 0 aliphatic heterocycles. The molecule has 0 bridgehead atoms. The molecule has 0 saturated carbocycles. The molecular weight excluding hydrogens is 347 g/mol. The molecule has 1 atom stereocenters. The van der Waals surface area contributed by atoms with Gasteiger partial charge in [-0.05, 0) is 45.9 Å². The molecule has 0 saturated heterocycles. The zero-order valence-corrected chi connectivity index (χ0v) is 15.5. The fraction of sp³-hybridized carbons (Fsp3) is 0.500. The van der Waals surface area contributed by atoms with E-state index in [1.807, 2.05) is 20.8 Å². The Morgan fingerprint density at radius 2 is 1.82 bits per heavy atom. The number of benzene rings is 1. The van der Waals surface area contributed by atoms with E-state index in [1.165, 1.54) is 19.1 Å². The molecule has 1 rings (SSSR count). The number of carbonyl (C=O) groups is 1. The van der Waals surface area contributed by atoms with Crippen molar-refractivity contribution in [3.8, 4) is 0 Å². The summed E-state index contributed by atoms with van der Waals surface area (Å²) in [7, 11) is -3.73. The standard InChI is InChI=1S/C14H20Cl2N2O3S/c1-9(13(19)17-14(2,3)4)18(22(5,20)21)12-8-10(15)6-7-11(12)16/h6-9H,1-5H3,(H,17,19)/t9-/m1/s1. The van der Waals surface area contributed by atoms with Crippen LogP contribution in [-0.4, -0.2) is 32.2 Å². The minimum absolute atomic E-state index is 0.174. The van der Waals surface area contributed by atoms with E-state index in [2.05, 4.69) is 5.32 Å². The van der Waals surface area contributed by atoms with E-state index < -0.39 is 27.5 Å². The first-order chi connectivity index (χ1) is 9.83. The average molecular weight is 367 g/mol. The minimum Gasteiger partial charge on any atom is -0.350 e. The van der Waals surface area contributed by atoms with E-state index in [-0.39, 0.29) is 10.7 Å². The van der Waals surface area contributed by atoms with Gasteiger partial charge < -0.3 is 5.32 Å². The third-order valence-corrected chi connectivity index (χ3v) is 4.51. The van der Waals surface area contributed by atoms with Crippen molar-refractivity contribution in [3.05, 3.63) is 28.2 Å². The second-order valence-electron chi connectivity index (χ2n) is 6.07.